The number of carbonyl (C=O) groups is 1. The first-order valence-electron chi connectivity index (χ1n) is 6.96. The van der Waals surface area contributed by atoms with Crippen LogP contribution >= 0.6 is 0 Å². The first-order valence-corrected chi connectivity index (χ1v) is 6.96. The van der Waals surface area contributed by atoms with E-state index in [1.54, 1.807) is 13.2 Å². The number of methoxy groups -OCH3 is 3. The zero-order valence-electron chi connectivity index (χ0n) is 13.4. The Morgan fingerprint density at radius 1 is 1.23 bits per heavy atom. The van der Waals surface area contributed by atoms with Gasteiger partial charge < -0.3 is 24.3 Å². The summed E-state index contributed by atoms with van der Waals surface area (Å²) in [5.41, 5.74) is 0.838. The van der Waals surface area contributed by atoms with Crippen LogP contribution < -0.4 is 14.8 Å². The minimum atomic E-state index is -0.456. The Labute approximate surface area is 131 Å². The maximum absolute atomic E-state index is 11.7. The predicted octanol–water partition coefficient (Wildman–Crippen LogP) is 1.84. The molecule has 0 heterocycles. The molecule has 0 radical (unpaired) electrons. The van der Waals surface area contributed by atoms with Crippen LogP contribution in [0.15, 0.2) is 24.3 Å². The first-order chi connectivity index (χ1) is 10.6. The second-order valence-corrected chi connectivity index (χ2v) is 4.32. The summed E-state index contributed by atoms with van der Waals surface area (Å²) in [5.74, 6) is 1.07. The molecule has 0 fully saturated rings. The van der Waals surface area contributed by atoms with Gasteiger partial charge in [-0.2, -0.15) is 0 Å². The van der Waals surface area contributed by atoms with Crippen LogP contribution in [0.5, 0.6) is 11.5 Å². The van der Waals surface area contributed by atoms with Crippen LogP contribution in [0, 0.1) is 0 Å². The fourth-order valence-electron chi connectivity index (χ4n) is 1.74. The van der Waals surface area contributed by atoms with Gasteiger partial charge in [-0.15, -0.1) is 0 Å². The molecule has 0 atom stereocenters. The normalized spacial score (nSPS) is 11.0. The summed E-state index contributed by atoms with van der Waals surface area (Å²) in [6.45, 7) is 2.75. The third-order valence-electron chi connectivity index (χ3n) is 2.88. The molecule has 1 aromatic carbocycles. The van der Waals surface area contributed by atoms with Crippen LogP contribution in [0.4, 0.5) is 0 Å². The van der Waals surface area contributed by atoms with Crippen molar-refractivity contribution < 1.29 is 23.7 Å². The van der Waals surface area contributed by atoms with E-state index < -0.39 is 6.29 Å². The van der Waals surface area contributed by atoms with Crippen molar-refractivity contribution in [2.75, 3.05) is 34.5 Å². The molecule has 22 heavy (non-hydrogen) atoms. The van der Waals surface area contributed by atoms with E-state index in [0.29, 0.717) is 18.1 Å². The summed E-state index contributed by atoms with van der Waals surface area (Å²) in [7, 11) is 4.61. The molecule has 0 aromatic heterocycles. The highest BCUT2D eigenvalue weighted by Crippen LogP contribution is 2.28. The van der Waals surface area contributed by atoms with E-state index in [9.17, 15) is 4.79 Å². The van der Waals surface area contributed by atoms with Gasteiger partial charge in [-0.3, -0.25) is 4.79 Å². The lowest BCUT2D eigenvalue weighted by atomic mass is 10.2. The van der Waals surface area contributed by atoms with E-state index in [-0.39, 0.29) is 12.5 Å². The third-order valence-corrected chi connectivity index (χ3v) is 2.88. The van der Waals surface area contributed by atoms with E-state index in [4.69, 9.17) is 18.9 Å². The van der Waals surface area contributed by atoms with E-state index in [1.165, 1.54) is 20.3 Å². The molecule has 1 amide bonds. The van der Waals surface area contributed by atoms with Crippen LogP contribution in [0.3, 0.4) is 0 Å². The van der Waals surface area contributed by atoms with Crippen molar-refractivity contribution in [1.29, 1.82) is 0 Å². The van der Waals surface area contributed by atoms with Gasteiger partial charge in [0.05, 0.1) is 20.3 Å². The van der Waals surface area contributed by atoms with Gasteiger partial charge in [0.15, 0.2) is 17.8 Å². The molecular weight excluding hydrogens is 286 g/mol. The Hall–Kier alpha value is -2.05. The van der Waals surface area contributed by atoms with Crippen LogP contribution in [0.25, 0.3) is 6.08 Å². The lowest BCUT2D eigenvalue weighted by Crippen LogP contribution is -2.33. The monoisotopic (exact) mass is 309 g/mol. The SMILES string of the molecule is CCOc1ccc(/C=C/C(=O)NCC(OC)OC)cc1OC. The molecular formula is C16H23NO5. The summed E-state index contributed by atoms with van der Waals surface area (Å²) in [6, 6.07) is 5.47. The fourth-order valence-corrected chi connectivity index (χ4v) is 1.74. The zero-order valence-corrected chi connectivity index (χ0v) is 13.4. The fraction of sp³-hybridized carbons (Fsp3) is 0.438. The Kier molecular flexibility index (Phi) is 8.03. The molecule has 6 heteroatoms. The Morgan fingerprint density at radius 2 is 1.95 bits per heavy atom. The van der Waals surface area contributed by atoms with Crippen molar-refractivity contribution in [3.8, 4) is 11.5 Å². The predicted molar refractivity (Wildman–Crippen MR) is 84.0 cm³/mol. The largest absolute Gasteiger partial charge is 0.493 e. The molecule has 0 spiro atoms. The number of hydrogen-bond acceptors (Lipinski definition) is 5. The van der Waals surface area contributed by atoms with Crippen molar-refractivity contribution in [3.63, 3.8) is 0 Å². The minimum Gasteiger partial charge on any atom is -0.493 e. The van der Waals surface area contributed by atoms with Crippen LogP contribution in [0.1, 0.15) is 12.5 Å². The molecule has 1 aromatic rings. The maximum Gasteiger partial charge on any atom is 0.244 e. The molecule has 122 valence electrons. The lowest BCUT2D eigenvalue weighted by molar-refractivity contribution is -0.123. The maximum atomic E-state index is 11.7. The van der Waals surface area contributed by atoms with Crippen LogP contribution in [0.2, 0.25) is 0 Å². The highest BCUT2D eigenvalue weighted by Gasteiger charge is 2.06. The molecule has 0 saturated heterocycles. The number of amides is 1. The quantitative estimate of drug-likeness (QED) is 0.557. The average Bonchev–Trinajstić information content (AvgIpc) is 2.55. The molecule has 1 N–H and O–H groups in total. The summed E-state index contributed by atoms with van der Waals surface area (Å²) in [6.07, 6.45) is 2.68. The standard InChI is InChI=1S/C16H23NO5/c1-5-22-13-8-6-12(10-14(13)19-2)7-9-15(18)17-11-16(20-3)21-4/h6-10,16H,5,11H2,1-4H3,(H,17,18)/b9-7+. The van der Waals surface area contributed by atoms with Gasteiger partial charge in [0, 0.05) is 20.3 Å². The van der Waals surface area contributed by atoms with Gasteiger partial charge in [-0.25, -0.2) is 0 Å². The van der Waals surface area contributed by atoms with Crippen LogP contribution in [-0.4, -0.2) is 46.7 Å². The van der Waals surface area contributed by atoms with Gasteiger partial charge in [-0.05, 0) is 30.7 Å². The molecule has 1 rings (SSSR count). The average molecular weight is 309 g/mol. The lowest BCUT2D eigenvalue weighted by Gasteiger charge is -2.13. The second-order valence-electron chi connectivity index (χ2n) is 4.32. The number of nitrogens with one attached hydrogen (secondary N) is 1. The molecule has 0 bridgehead atoms. The minimum absolute atomic E-state index is 0.230. The van der Waals surface area contributed by atoms with Crippen LogP contribution in [-0.2, 0) is 14.3 Å². The van der Waals surface area contributed by atoms with E-state index in [0.717, 1.165) is 5.56 Å². The Morgan fingerprint density at radius 3 is 2.55 bits per heavy atom. The van der Waals surface area contributed by atoms with Gasteiger partial charge in [0.25, 0.3) is 0 Å². The van der Waals surface area contributed by atoms with Crippen molar-refractivity contribution in [2.45, 2.75) is 13.2 Å². The Balaban J connectivity index is 2.63. The van der Waals surface area contributed by atoms with Crippen molar-refractivity contribution in [1.82, 2.24) is 5.32 Å². The first kappa shape index (κ1) is 18.0. The summed E-state index contributed by atoms with van der Waals surface area (Å²) >= 11 is 0. The van der Waals surface area contributed by atoms with Crippen molar-refractivity contribution in [2.24, 2.45) is 0 Å². The molecule has 0 aliphatic carbocycles. The van der Waals surface area contributed by atoms with E-state index in [1.807, 2.05) is 25.1 Å². The van der Waals surface area contributed by atoms with Gasteiger partial charge >= 0.3 is 0 Å². The van der Waals surface area contributed by atoms with E-state index >= 15 is 0 Å². The molecule has 6 nitrogen and oxygen atoms in total. The number of ether oxygens (including phenoxy) is 4. The number of hydrogen-bond donors (Lipinski definition) is 1. The second kappa shape index (κ2) is 9.81. The zero-order chi connectivity index (χ0) is 16.4. The molecule has 0 unspecified atom stereocenters. The smallest absolute Gasteiger partial charge is 0.244 e. The molecule has 0 aliphatic heterocycles. The topological polar surface area (TPSA) is 66.0 Å². The van der Waals surface area contributed by atoms with Crippen molar-refractivity contribution in [3.05, 3.63) is 29.8 Å². The highest BCUT2D eigenvalue weighted by molar-refractivity contribution is 5.91. The number of carbonyl (C=O) groups excluding carboxylic acids is 1. The summed E-state index contributed by atoms with van der Waals surface area (Å²) in [4.78, 5) is 11.7. The Bertz CT molecular complexity index is 497. The third kappa shape index (κ3) is 5.75. The number of rotatable bonds is 9. The summed E-state index contributed by atoms with van der Waals surface area (Å²) < 4.78 is 20.7. The van der Waals surface area contributed by atoms with Gasteiger partial charge in [0.1, 0.15) is 0 Å². The number of benzene rings is 1. The molecule has 0 saturated carbocycles. The van der Waals surface area contributed by atoms with Gasteiger partial charge in [-0.1, -0.05) is 6.07 Å². The molecule has 0 aliphatic rings. The van der Waals surface area contributed by atoms with Gasteiger partial charge in [0.2, 0.25) is 5.91 Å². The summed E-state index contributed by atoms with van der Waals surface area (Å²) in [5, 5.41) is 2.68. The van der Waals surface area contributed by atoms with E-state index in [2.05, 4.69) is 5.32 Å². The highest BCUT2D eigenvalue weighted by atomic mass is 16.7. The van der Waals surface area contributed by atoms with Crippen molar-refractivity contribution >= 4 is 12.0 Å².